The van der Waals surface area contributed by atoms with Crippen LogP contribution in [0.1, 0.15) is 22.5 Å². The van der Waals surface area contributed by atoms with E-state index in [1.165, 1.54) is 18.8 Å². The van der Waals surface area contributed by atoms with Crippen LogP contribution in [0.25, 0.3) is 11.1 Å². The monoisotopic (exact) mass is 427 g/mol. The summed E-state index contributed by atoms with van der Waals surface area (Å²) in [5, 5.41) is 5.59. The van der Waals surface area contributed by atoms with Crippen LogP contribution in [0.15, 0.2) is 41.4 Å². The number of alkyl halides is 2. The SMILES string of the molecule is CSc1ccc(-c2cc(F)c(F)c(F)c2NC(=O)c2cn(C)nc2C(F)F)cc1. The largest absolute Gasteiger partial charge is 0.319 e. The summed E-state index contributed by atoms with van der Waals surface area (Å²) in [4.78, 5) is 13.4. The highest BCUT2D eigenvalue weighted by atomic mass is 32.2. The summed E-state index contributed by atoms with van der Waals surface area (Å²) in [6.45, 7) is 0. The Morgan fingerprint density at radius 2 is 1.79 bits per heavy atom. The first-order chi connectivity index (χ1) is 13.7. The summed E-state index contributed by atoms with van der Waals surface area (Å²) in [7, 11) is 1.33. The van der Waals surface area contributed by atoms with Crippen molar-refractivity contribution in [2.45, 2.75) is 11.3 Å². The Hall–Kier alpha value is -2.88. The summed E-state index contributed by atoms with van der Waals surface area (Å²) < 4.78 is 69.4. The standard InChI is InChI=1S/C19H14F5N3OS/c1-27-8-12(17(26-27)18(23)24)19(28)25-16-11(7-13(20)14(21)15(16)22)9-3-5-10(29-2)6-4-9/h3-8,18H,1-2H3,(H,25,28). The van der Waals surface area contributed by atoms with E-state index < -0.39 is 46.7 Å². The van der Waals surface area contributed by atoms with Gasteiger partial charge in [-0.25, -0.2) is 22.0 Å². The van der Waals surface area contributed by atoms with E-state index in [9.17, 15) is 26.7 Å². The number of amides is 1. The maximum Gasteiger partial charge on any atom is 0.282 e. The van der Waals surface area contributed by atoms with Gasteiger partial charge in [-0.2, -0.15) is 5.10 Å². The van der Waals surface area contributed by atoms with E-state index in [2.05, 4.69) is 10.4 Å². The molecule has 0 bridgehead atoms. The first-order valence-corrected chi connectivity index (χ1v) is 9.40. The lowest BCUT2D eigenvalue weighted by Gasteiger charge is -2.14. The van der Waals surface area contributed by atoms with Crippen LogP contribution in [-0.4, -0.2) is 21.9 Å². The smallest absolute Gasteiger partial charge is 0.282 e. The molecule has 0 spiro atoms. The number of nitrogens with zero attached hydrogens (tertiary/aromatic N) is 2. The molecule has 0 aliphatic heterocycles. The minimum Gasteiger partial charge on any atom is -0.319 e. The fourth-order valence-electron chi connectivity index (χ4n) is 2.74. The van der Waals surface area contributed by atoms with Gasteiger partial charge in [0, 0.05) is 23.7 Å². The summed E-state index contributed by atoms with van der Waals surface area (Å²) in [6.07, 6.45) is -0.182. The molecule has 1 heterocycles. The van der Waals surface area contributed by atoms with Crippen LogP contribution in [0.3, 0.4) is 0 Å². The highest BCUT2D eigenvalue weighted by Gasteiger charge is 2.26. The van der Waals surface area contributed by atoms with Crippen LogP contribution in [0.2, 0.25) is 0 Å². The molecule has 0 radical (unpaired) electrons. The number of aromatic nitrogens is 2. The van der Waals surface area contributed by atoms with E-state index in [1.54, 1.807) is 24.3 Å². The molecule has 3 aromatic rings. The minimum atomic E-state index is -3.05. The predicted octanol–water partition coefficient (Wildman–Crippen LogP) is 5.42. The normalized spacial score (nSPS) is 11.2. The quantitative estimate of drug-likeness (QED) is 0.336. The van der Waals surface area contributed by atoms with Gasteiger partial charge in [-0.15, -0.1) is 11.8 Å². The fraction of sp³-hybridized carbons (Fsp3) is 0.158. The number of rotatable bonds is 5. The van der Waals surface area contributed by atoms with Crippen molar-refractivity contribution in [3.8, 4) is 11.1 Å². The topological polar surface area (TPSA) is 46.9 Å². The molecule has 0 saturated carbocycles. The third-order valence-electron chi connectivity index (χ3n) is 4.11. The number of halogens is 5. The molecule has 1 aromatic heterocycles. The van der Waals surface area contributed by atoms with Crippen molar-refractivity contribution in [2.24, 2.45) is 7.05 Å². The Balaban J connectivity index is 2.08. The fourth-order valence-corrected chi connectivity index (χ4v) is 3.15. The average Bonchev–Trinajstić information content (AvgIpc) is 3.10. The average molecular weight is 427 g/mol. The van der Waals surface area contributed by atoms with Crippen molar-refractivity contribution >= 4 is 23.4 Å². The summed E-state index contributed by atoms with van der Waals surface area (Å²) in [5.74, 6) is -5.99. The van der Waals surface area contributed by atoms with E-state index in [-0.39, 0.29) is 5.56 Å². The first-order valence-electron chi connectivity index (χ1n) is 8.17. The van der Waals surface area contributed by atoms with Crippen LogP contribution in [0, 0.1) is 17.5 Å². The molecule has 3 rings (SSSR count). The van der Waals surface area contributed by atoms with Gasteiger partial charge in [-0.3, -0.25) is 9.48 Å². The number of aryl methyl sites for hydroxylation is 1. The summed E-state index contributed by atoms with van der Waals surface area (Å²) in [5.41, 5.74) is -1.80. The molecule has 0 atom stereocenters. The molecule has 4 nitrogen and oxygen atoms in total. The van der Waals surface area contributed by atoms with E-state index in [0.29, 0.717) is 5.56 Å². The molecule has 1 amide bonds. The van der Waals surface area contributed by atoms with Gasteiger partial charge in [0.1, 0.15) is 5.69 Å². The molecule has 1 N–H and O–H groups in total. The van der Waals surface area contributed by atoms with Crippen LogP contribution in [0.5, 0.6) is 0 Å². The van der Waals surface area contributed by atoms with Crippen LogP contribution in [0.4, 0.5) is 27.6 Å². The molecular weight excluding hydrogens is 413 g/mol. The minimum absolute atomic E-state index is 0.134. The van der Waals surface area contributed by atoms with Gasteiger partial charge in [0.25, 0.3) is 12.3 Å². The first kappa shape index (κ1) is 20.8. The highest BCUT2D eigenvalue weighted by Crippen LogP contribution is 2.35. The molecular formula is C19H14F5N3OS. The molecule has 0 aliphatic carbocycles. The molecule has 2 aromatic carbocycles. The van der Waals surface area contributed by atoms with Gasteiger partial charge < -0.3 is 5.32 Å². The van der Waals surface area contributed by atoms with Crippen molar-refractivity contribution in [1.82, 2.24) is 9.78 Å². The van der Waals surface area contributed by atoms with Gasteiger partial charge in [0.15, 0.2) is 17.5 Å². The Morgan fingerprint density at radius 3 is 2.38 bits per heavy atom. The van der Waals surface area contributed by atoms with Crippen molar-refractivity contribution in [3.63, 3.8) is 0 Å². The van der Waals surface area contributed by atoms with Gasteiger partial charge >= 0.3 is 0 Å². The Kier molecular flexibility index (Phi) is 5.92. The van der Waals surface area contributed by atoms with Crippen molar-refractivity contribution < 1.29 is 26.7 Å². The highest BCUT2D eigenvalue weighted by molar-refractivity contribution is 7.98. The number of nitrogens with one attached hydrogen (secondary N) is 1. The third kappa shape index (κ3) is 4.12. The van der Waals surface area contributed by atoms with E-state index in [1.807, 2.05) is 6.26 Å². The molecule has 0 fully saturated rings. The zero-order valence-corrected chi connectivity index (χ0v) is 16.0. The molecule has 29 heavy (non-hydrogen) atoms. The number of thioether (sulfide) groups is 1. The maximum absolute atomic E-state index is 14.5. The predicted molar refractivity (Wildman–Crippen MR) is 99.7 cm³/mol. The molecule has 0 aliphatic rings. The number of hydrogen-bond donors (Lipinski definition) is 1. The second-order valence-electron chi connectivity index (χ2n) is 5.99. The molecule has 0 unspecified atom stereocenters. The van der Waals surface area contributed by atoms with Crippen molar-refractivity contribution in [1.29, 1.82) is 0 Å². The van der Waals surface area contributed by atoms with Gasteiger partial charge in [0.2, 0.25) is 0 Å². The number of anilines is 1. The summed E-state index contributed by atoms with van der Waals surface area (Å²) in [6, 6.07) is 7.19. The number of hydrogen-bond acceptors (Lipinski definition) is 3. The van der Waals surface area contributed by atoms with E-state index >= 15 is 0 Å². The van der Waals surface area contributed by atoms with Gasteiger partial charge in [0.05, 0.1) is 11.3 Å². The lowest BCUT2D eigenvalue weighted by molar-refractivity contribution is 0.101. The zero-order chi connectivity index (χ0) is 21.3. The number of carbonyl (C=O) groups excluding carboxylic acids is 1. The number of benzene rings is 2. The number of carbonyl (C=O) groups is 1. The molecule has 0 saturated heterocycles. The summed E-state index contributed by atoms with van der Waals surface area (Å²) >= 11 is 1.44. The van der Waals surface area contributed by atoms with Crippen LogP contribution >= 0.6 is 11.8 Å². The second-order valence-corrected chi connectivity index (χ2v) is 6.87. The van der Waals surface area contributed by atoms with Crippen molar-refractivity contribution in [3.05, 3.63) is 65.2 Å². The Morgan fingerprint density at radius 1 is 1.14 bits per heavy atom. The van der Waals surface area contributed by atoms with Crippen molar-refractivity contribution in [2.75, 3.05) is 11.6 Å². The third-order valence-corrected chi connectivity index (χ3v) is 4.85. The van der Waals surface area contributed by atoms with E-state index in [0.717, 1.165) is 21.8 Å². The lowest BCUT2D eigenvalue weighted by atomic mass is 10.0. The zero-order valence-electron chi connectivity index (χ0n) is 15.1. The van der Waals surface area contributed by atoms with Gasteiger partial charge in [-0.05, 0) is 30.0 Å². The Bertz CT molecular complexity index is 1070. The molecule has 152 valence electrons. The van der Waals surface area contributed by atoms with Crippen LogP contribution in [-0.2, 0) is 7.05 Å². The maximum atomic E-state index is 14.5. The second kappa shape index (κ2) is 8.24. The van der Waals surface area contributed by atoms with Crippen LogP contribution < -0.4 is 5.32 Å². The molecule has 10 heteroatoms. The lowest BCUT2D eigenvalue weighted by Crippen LogP contribution is -2.16. The van der Waals surface area contributed by atoms with E-state index in [4.69, 9.17) is 0 Å². The van der Waals surface area contributed by atoms with Gasteiger partial charge in [-0.1, -0.05) is 12.1 Å². The Labute approximate surface area is 166 Å².